The molecule has 2 N–H and O–H groups in total. The molecule has 4 nitrogen and oxygen atoms in total. The zero-order chi connectivity index (χ0) is 13.1. The lowest BCUT2D eigenvalue weighted by Gasteiger charge is -2.30. The van der Waals surface area contributed by atoms with Crippen LogP contribution in [0.3, 0.4) is 0 Å². The molecule has 1 aliphatic heterocycles. The Balaban J connectivity index is 2.10. The van der Waals surface area contributed by atoms with Crippen LogP contribution >= 0.6 is 11.3 Å². The van der Waals surface area contributed by atoms with Crippen LogP contribution < -0.4 is 10.6 Å². The highest BCUT2D eigenvalue weighted by Gasteiger charge is 2.22. The lowest BCUT2D eigenvalue weighted by molar-refractivity contribution is 0.0819. The van der Waals surface area contributed by atoms with E-state index in [-0.39, 0.29) is 0 Å². The third-order valence-corrected chi connectivity index (χ3v) is 4.65. The topological polar surface area (TPSA) is 51.4 Å². The molecule has 1 aromatic heterocycles. The molecule has 1 saturated heterocycles. The Hall–Kier alpha value is -0.650. The Morgan fingerprint density at radius 3 is 2.56 bits per heavy atom. The molecule has 2 heterocycles. The fourth-order valence-corrected chi connectivity index (χ4v) is 3.51. The number of methoxy groups -OCH3 is 1. The van der Waals surface area contributed by atoms with Crippen molar-refractivity contribution >= 4 is 16.5 Å². The Morgan fingerprint density at radius 1 is 1.44 bits per heavy atom. The van der Waals surface area contributed by atoms with Gasteiger partial charge in [0, 0.05) is 31.6 Å². The van der Waals surface area contributed by atoms with Gasteiger partial charge in [-0.3, -0.25) is 0 Å². The van der Waals surface area contributed by atoms with Gasteiger partial charge in [0.15, 0.2) is 5.13 Å². The average Bonchev–Trinajstić information content (AvgIpc) is 2.83. The van der Waals surface area contributed by atoms with E-state index in [0.717, 1.165) is 31.1 Å². The van der Waals surface area contributed by atoms with Gasteiger partial charge < -0.3 is 15.4 Å². The molecule has 102 valence electrons. The van der Waals surface area contributed by atoms with E-state index in [2.05, 4.69) is 18.7 Å². The van der Waals surface area contributed by atoms with Crippen LogP contribution in [0.5, 0.6) is 0 Å². The maximum absolute atomic E-state index is 5.81. The monoisotopic (exact) mass is 269 g/mol. The number of aromatic nitrogens is 1. The van der Waals surface area contributed by atoms with Gasteiger partial charge in [0.2, 0.25) is 0 Å². The quantitative estimate of drug-likeness (QED) is 0.911. The van der Waals surface area contributed by atoms with Crippen molar-refractivity contribution in [2.45, 2.75) is 45.3 Å². The van der Waals surface area contributed by atoms with Crippen LogP contribution in [0.2, 0.25) is 0 Å². The van der Waals surface area contributed by atoms with Crippen molar-refractivity contribution in [1.29, 1.82) is 0 Å². The van der Waals surface area contributed by atoms with Crippen molar-refractivity contribution in [2.75, 3.05) is 25.1 Å². The van der Waals surface area contributed by atoms with Crippen LogP contribution in [0.15, 0.2) is 0 Å². The largest absolute Gasteiger partial charge is 0.381 e. The van der Waals surface area contributed by atoms with Gasteiger partial charge in [-0.05, 0) is 18.8 Å². The first-order valence-electron chi connectivity index (χ1n) is 6.63. The van der Waals surface area contributed by atoms with Crippen molar-refractivity contribution in [3.63, 3.8) is 0 Å². The zero-order valence-electron chi connectivity index (χ0n) is 11.5. The summed E-state index contributed by atoms with van der Waals surface area (Å²) >= 11 is 1.75. The zero-order valence-corrected chi connectivity index (χ0v) is 12.3. The number of hydrogen-bond acceptors (Lipinski definition) is 5. The smallest absolute Gasteiger partial charge is 0.185 e. The maximum atomic E-state index is 5.81. The second kappa shape index (κ2) is 5.99. The molecule has 0 spiro atoms. The Bertz CT molecular complexity index is 384. The first kappa shape index (κ1) is 13.8. The molecule has 0 saturated carbocycles. The molecule has 0 bridgehead atoms. The summed E-state index contributed by atoms with van der Waals surface area (Å²) in [7, 11) is 1.80. The Kier molecular flexibility index (Phi) is 4.59. The van der Waals surface area contributed by atoms with Gasteiger partial charge in [-0.15, -0.1) is 11.3 Å². The molecule has 2 rings (SSSR count). The standard InChI is InChI=1S/C13H23N3OS/c1-9(2)12-11(8-14)18-13(15-12)16-6-4-10(17-3)5-7-16/h9-10H,4-8,14H2,1-3H3. The minimum Gasteiger partial charge on any atom is -0.381 e. The fraction of sp³-hybridized carbons (Fsp3) is 0.769. The highest BCUT2D eigenvalue weighted by molar-refractivity contribution is 7.15. The molecule has 0 aliphatic carbocycles. The van der Waals surface area contributed by atoms with E-state index in [1.165, 1.54) is 10.6 Å². The number of rotatable bonds is 4. The van der Waals surface area contributed by atoms with Crippen molar-refractivity contribution in [2.24, 2.45) is 5.73 Å². The molecule has 0 radical (unpaired) electrons. The van der Waals surface area contributed by atoms with Gasteiger partial charge in [0.05, 0.1) is 11.8 Å². The summed E-state index contributed by atoms with van der Waals surface area (Å²) in [4.78, 5) is 8.38. The molecule has 5 heteroatoms. The molecule has 0 unspecified atom stereocenters. The summed E-state index contributed by atoms with van der Waals surface area (Å²) in [6, 6.07) is 0. The minimum atomic E-state index is 0.416. The molecule has 1 aliphatic rings. The van der Waals surface area contributed by atoms with Crippen molar-refractivity contribution in [1.82, 2.24) is 4.98 Å². The van der Waals surface area contributed by atoms with Gasteiger partial charge in [-0.1, -0.05) is 13.8 Å². The number of piperidine rings is 1. The van der Waals surface area contributed by atoms with Crippen molar-refractivity contribution < 1.29 is 4.74 Å². The maximum Gasteiger partial charge on any atom is 0.185 e. The number of nitrogens with two attached hydrogens (primary N) is 1. The van der Waals surface area contributed by atoms with Gasteiger partial charge in [-0.25, -0.2) is 4.98 Å². The van der Waals surface area contributed by atoms with Crippen LogP contribution in [0, 0.1) is 0 Å². The van der Waals surface area contributed by atoms with E-state index in [4.69, 9.17) is 15.5 Å². The lowest BCUT2D eigenvalue weighted by Crippen LogP contribution is -2.36. The summed E-state index contributed by atoms with van der Waals surface area (Å²) in [6.07, 6.45) is 2.59. The van der Waals surface area contributed by atoms with Gasteiger partial charge >= 0.3 is 0 Å². The Morgan fingerprint density at radius 2 is 2.11 bits per heavy atom. The van der Waals surface area contributed by atoms with Gasteiger partial charge in [0.25, 0.3) is 0 Å². The third kappa shape index (κ3) is 2.84. The third-order valence-electron chi connectivity index (χ3n) is 3.49. The number of ether oxygens (including phenoxy) is 1. The summed E-state index contributed by atoms with van der Waals surface area (Å²) < 4.78 is 5.40. The predicted octanol–water partition coefficient (Wildman–Crippen LogP) is 2.34. The predicted molar refractivity (Wildman–Crippen MR) is 76.3 cm³/mol. The van der Waals surface area contributed by atoms with E-state index in [0.29, 0.717) is 18.6 Å². The summed E-state index contributed by atoms with van der Waals surface area (Å²) in [5.74, 6) is 0.449. The first-order chi connectivity index (χ1) is 8.65. The number of thiazole rings is 1. The average molecular weight is 269 g/mol. The number of anilines is 1. The molecule has 1 aromatic rings. The minimum absolute atomic E-state index is 0.416. The molecule has 0 atom stereocenters. The summed E-state index contributed by atoms with van der Waals surface area (Å²) in [5, 5.41) is 1.13. The van der Waals surface area contributed by atoms with Crippen LogP contribution in [0.4, 0.5) is 5.13 Å². The fourth-order valence-electron chi connectivity index (χ4n) is 2.37. The first-order valence-corrected chi connectivity index (χ1v) is 7.44. The van der Waals surface area contributed by atoms with Crippen LogP contribution in [-0.2, 0) is 11.3 Å². The van der Waals surface area contributed by atoms with E-state index in [1.807, 2.05) is 0 Å². The highest BCUT2D eigenvalue weighted by Crippen LogP contribution is 2.32. The van der Waals surface area contributed by atoms with Crippen LogP contribution in [0.1, 0.15) is 43.2 Å². The molecule has 0 aromatic carbocycles. The van der Waals surface area contributed by atoms with Crippen LogP contribution in [-0.4, -0.2) is 31.3 Å². The number of hydrogen-bond donors (Lipinski definition) is 1. The van der Waals surface area contributed by atoms with Gasteiger partial charge in [-0.2, -0.15) is 0 Å². The number of nitrogens with zero attached hydrogens (tertiary/aromatic N) is 2. The molecule has 1 fully saturated rings. The van der Waals surface area contributed by atoms with E-state index in [1.54, 1.807) is 18.4 Å². The second-order valence-electron chi connectivity index (χ2n) is 5.09. The van der Waals surface area contributed by atoms with Crippen molar-refractivity contribution in [3.05, 3.63) is 10.6 Å². The van der Waals surface area contributed by atoms with Gasteiger partial charge in [0.1, 0.15) is 0 Å². The molecular weight excluding hydrogens is 246 g/mol. The highest BCUT2D eigenvalue weighted by atomic mass is 32.1. The SMILES string of the molecule is COC1CCN(c2nc(C(C)C)c(CN)s2)CC1. The molecular formula is C13H23N3OS. The molecule has 18 heavy (non-hydrogen) atoms. The second-order valence-corrected chi connectivity index (χ2v) is 6.15. The summed E-state index contributed by atoms with van der Waals surface area (Å²) in [5.41, 5.74) is 6.98. The Labute approximate surface area is 113 Å². The van der Waals surface area contributed by atoms with E-state index >= 15 is 0 Å². The normalized spacial score (nSPS) is 17.7. The van der Waals surface area contributed by atoms with Crippen LogP contribution in [0.25, 0.3) is 0 Å². The molecule has 0 amide bonds. The summed E-state index contributed by atoms with van der Waals surface area (Å²) in [6.45, 7) is 7.02. The van der Waals surface area contributed by atoms with E-state index in [9.17, 15) is 0 Å². The van der Waals surface area contributed by atoms with Crippen molar-refractivity contribution in [3.8, 4) is 0 Å². The lowest BCUT2D eigenvalue weighted by atomic mass is 10.1. The van der Waals surface area contributed by atoms with E-state index < -0.39 is 0 Å².